The van der Waals surface area contributed by atoms with Crippen molar-refractivity contribution in [2.24, 2.45) is 0 Å². The van der Waals surface area contributed by atoms with Gasteiger partial charge >= 0.3 is 8.69 Å². The van der Waals surface area contributed by atoms with E-state index >= 15 is 0 Å². The summed E-state index contributed by atoms with van der Waals surface area (Å²) >= 11 is 0. The first kappa shape index (κ1) is 12.7. The summed E-state index contributed by atoms with van der Waals surface area (Å²) in [6.07, 6.45) is 0. The van der Waals surface area contributed by atoms with E-state index in [1.165, 1.54) is 36.4 Å². The molecule has 0 fully saturated rings. The van der Waals surface area contributed by atoms with Crippen molar-refractivity contribution in [1.29, 1.82) is 0 Å². The number of hydrogen-bond donors (Lipinski definition) is 0. The summed E-state index contributed by atoms with van der Waals surface area (Å²) in [5.74, 6) is 0.346. The second-order valence-corrected chi connectivity index (χ2v) is 5.74. The average molecular weight is 280 g/mol. The molecule has 0 aromatic heterocycles. The minimum atomic E-state index is -3.51. The van der Waals surface area contributed by atoms with E-state index in [4.69, 9.17) is 4.52 Å². The molecule has 2 aromatic carbocycles. The molecule has 0 aliphatic carbocycles. The highest BCUT2D eigenvalue weighted by atomic mass is 32.2. The molecule has 0 saturated carbocycles. The minimum Gasteiger partial charge on any atom is -0.408 e. The minimum absolute atomic E-state index is 0.170. The highest BCUT2D eigenvalue weighted by molar-refractivity contribution is 7.91. The molecule has 0 atom stereocenters. The van der Waals surface area contributed by atoms with Gasteiger partial charge in [-0.3, -0.25) is 0 Å². The molecule has 0 aliphatic rings. The van der Waals surface area contributed by atoms with Crippen molar-refractivity contribution in [3.05, 3.63) is 54.6 Å². The highest BCUT2D eigenvalue weighted by Gasteiger charge is 2.16. The Morgan fingerprint density at radius 2 is 1.39 bits per heavy atom. The maximum absolute atomic E-state index is 12.2. The molecule has 18 heavy (non-hydrogen) atoms. The van der Waals surface area contributed by atoms with E-state index in [2.05, 4.69) is 0 Å². The Kier molecular flexibility index (Phi) is 3.75. The van der Waals surface area contributed by atoms with Crippen LogP contribution in [0.25, 0.3) is 0 Å². The molecule has 6 heteroatoms. The molecule has 92 valence electrons. The van der Waals surface area contributed by atoms with Crippen LogP contribution >= 0.6 is 8.69 Å². The van der Waals surface area contributed by atoms with Gasteiger partial charge in [0.1, 0.15) is 5.75 Å². The maximum Gasteiger partial charge on any atom is 0.395 e. The average Bonchev–Trinajstić information content (AvgIpc) is 2.41. The zero-order valence-electron chi connectivity index (χ0n) is 9.18. The maximum atomic E-state index is 12.2. The van der Waals surface area contributed by atoms with Gasteiger partial charge in [-0.2, -0.15) is 0 Å². The number of benzene rings is 2. The fourth-order valence-electron chi connectivity index (χ4n) is 1.46. The van der Waals surface area contributed by atoms with E-state index in [9.17, 15) is 13.0 Å². The van der Waals surface area contributed by atoms with Gasteiger partial charge in [-0.05, 0) is 36.4 Å². The fourth-order valence-corrected chi connectivity index (χ4v) is 2.95. The van der Waals surface area contributed by atoms with E-state index in [1.807, 2.05) is 0 Å². The predicted molar refractivity (Wildman–Crippen MR) is 66.6 cm³/mol. The topological polar surface area (TPSA) is 60.4 Å². The van der Waals surface area contributed by atoms with Gasteiger partial charge in [0.05, 0.1) is 9.79 Å². The SMILES string of the molecule is O=POc1ccc(S(=O)(=O)c2ccccc2)cc1. The van der Waals surface area contributed by atoms with Gasteiger partial charge in [0.25, 0.3) is 0 Å². The van der Waals surface area contributed by atoms with Crippen LogP contribution in [0, 0.1) is 0 Å². The summed E-state index contributed by atoms with van der Waals surface area (Å²) in [6.45, 7) is 0. The Balaban J connectivity index is 2.39. The molecular formula is C12H9O4PS. The molecule has 0 bridgehead atoms. The lowest BCUT2D eigenvalue weighted by atomic mass is 10.3. The molecule has 0 heterocycles. The second-order valence-electron chi connectivity index (χ2n) is 3.45. The van der Waals surface area contributed by atoms with Crippen molar-refractivity contribution in [2.45, 2.75) is 9.79 Å². The first-order valence-electron chi connectivity index (χ1n) is 5.04. The van der Waals surface area contributed by atoms with Crippen molar-refractivity contribution < 1.29 is 17.5 Å². The smallest absolute Gasteiger partial charge is 0.395 e. The lowest BCUT2D eigenvalue weighted by molar-refractivity contribution is 0.525. The largest absolute Gasteiger partial charge is 0.408 e. The van der Waals surface area contributed by atoms with Gasteiger partial charge in [-0.25, -0.2) is 13.0 Å². The van der Waals surface area contributed by atoms with Crippen molar-refractivity contribution in [3.8, 4) is 5.75 Å². The third-order valence-corrected chi connectivity index (χ3v) is 4.40. The molecule has 0 unspecified atom stereocenters. The summed E-state index contributed by atoms with van der Waals surface area (Å²) in [6, 6.07) is 13.9. The molecule has 0 N–H and O–H groups in total. The van der Waals surface area contributed by atoms with Crippen LogP contribution in [-0.2, 0) is 14.4 Å². The fraction of sp³-hybridized carbons (Fsp3) is 0. The van der Waals surface area contributed by atoms with Gasteiger partial charge in [-0.15, -0.1) is 0 Å². The normalized spacial score (nSPS) is 11.3. The van der Waals surface area contributed by atoms with Gasteiger partial charge in [0.2, 0.25) is 9.84 Å². The van der Waals surface area contributed by atoms with Crippen molar-refractivity contribution in [2.75, 3.05) is 0 Å². The summed E-state index contributed by atoms with van der Waals surface area (Å²) in [5.41, 5.74) is 0. The monoisotopic (exact) mass is 280 g/mol. The molecule has 2 rings (SSSR count). The zero-order chi connectivity index (χ0) is 13.0. The summed E-state index contributed by atoms with van der Waals surface area (Å²) in [4.78, 5) is 0.407. The molecule has 0 radical (unpaired) electrons. The summed E-state index contributed by atoms with van der Waals surface area (Å²) in [7, 11) is -3.98. The first-order chi connectivity index (χ1) is 8.64. The summed E-state index contributed by atoms with van der Waals surface area (Å²) < 4.78 is 39.3. The van der Waals surface area contributed by atoms with Crippen LogP contribution in [0.3, 0.4) is 0 Å². The van der Waals surface area contributed by atoms with Crippen LogP contribution in [-0.4, -0.2) is 8.42 Å². The number of hydrogen-bond acceptors (Lipinski definition) is 4. The molecule has 0 saturated heterocycles. The number of rotatable bonds is 4. The second kappa shape index (κ2) is 5.29. The van der Waals surface area contributed by atoms with Crippen molar-refractivity contribution in [3.63, 3.8) is 0 Å². The molecule has 0 aliphatic heterocycles. The van der Waals surface area contributed by atoms with Crippen LogP contribution in [0.2, 0.25) is 0 Å². The van der Waals surface area contributed by atoms with E-state index in [1.54, 1.807) is 18.2 Å². The van der Waals surface area contributed by atoms with Crippen molar-refractivity contribution >= 4 is 18.5 Å². The third kappa shape index (κ3) is 2.58. The Labute approximate surface area is 106 Å². The third-order valence-electron chi connectivity index (χ3n) is 2.33. The van der Waals surface area contributed by atoms with Gasteiger partial charge in [0.15, 0.2) is 0 Å². The molecule has 0 spiro atoms. The van der Waals surface area contributed by atoms with Crippen molar-refractivity contribution in [1.82, 2.24) is 0 Å². The molecule has 2 aromatic rings. The lowest BCUT2D eigenvalue weighted by Crippen LogP contribution is -2.01. The van der Waals surface area contributed by atoms with Gasteiger partial charge in [-0.1, -0.05) is 18.2 Å². The lowest BCUT2D eigenvalue weighted by Gasteiger charge is -2.04. The Bertz CT molecular complexity index is 636. The van der Waals surface area contributed by atoms with Gasteiger partial charge < -0.3 is 4.52 Å². The Morgan fingerprint density at radius 1 is 0.833 bits per heavy atom. The van der Waals surface area contributed by atoms with Crippen LogP contribution in [0.5, 0.6) is 5.75 Å². The van der Waals surface area contributed by atoms with Crippen LogP contribution in [0.1, 0.15) is 0 Å². The van der Waals surface area contributed by atoms with E-state index < -0.39 is 18.5 Å². The Morgan fingerprint density at radius 3 is 1.94 bits per heavy atom. The van der Waals surface area contributed by atoms with Gasteiger partial charge in [0, 0.05) is 0 Å². The number of sulfone groups is 1. The standard InChI is InChI=1S/C12H9O4PS/c13-17-16-10-6-8-12(9-7-10)18(14,15)11-4-2-1-3-5-11/h1-9H. The zero-order valence-corrected chi connectivity index (χ0v) is 10.9. The molecule has 0 amide bonds. The van der Waals surface area contributed by atoms with E-state index in [0.717, 1.165) is 0 Å². The molecule has 4 nitrogen and oxygen atoms in total. The van der Waals surface area contributed by atoms with Crippen LogP contribution < -0.4 is 4.52 Å². The summed E-state index contributed by atoms with van der Waals surface area (Å²) in [5, 5.41) is 0. The predicted octanol–water partition coefficient (Wildman–Crippen LogP) is 3.10. The van der Waals surface area contributed by atoms with Crippen LogP contribution in [0.4, 0.5) is 0 Å². The van der Waals surface area contributed by atoms with E-state index in [0.29, 0.717) is 5.75 Å². The molecular weight excluding hydrogens is 271 g/mol. The van der Waals surface area contributed by atoms with E-state index in [-0.39, 0.29) is 9.79 Å². The quantitative estimate of drug-likeness (QED) is 0.807. The first-order valence-corrected chi connectivity index (χ1v) is 7.26. The highest BCUT2D eigenvalue weighted by Crippen LogP contribution is 2.23. The Hall–Kier alpha value is -1.71. The van der Waals surface area contributed by atoms with Crippen LogP contribution in [0.15, 0.2) is 64.4 Å².